The Kier molecular flexibility index (Phi) is 6.98. The molecule has 1 aromatic carbocycles. The first-order chi connectivity index (χ1) is 15.4. The Morgan fingerprint density at radius 3 is 2.34 bits per heavy atom. The van der Waals surface area contributed by atoms with Gasteiger partial charge in [-0.2, -0.15) is 13.2 Å². The summed E-state index contributed by atoms with van der Waals surface area (Å²) in [6.45, 7) is 5.54. The summed E-state index contributed by atoms with van der Waals surface area (Å²) >= 11 is 0. The minimum atomic E-state index is -4.38. The Morgan fingerprint density at radius 1 is 0.938 bits per heavy atom. The molecular weight excluding hydrogens is 417 g/mol. The van der Waals surface area contributed by atoms with Crippen molar-refractivity contribution in [2.45, 2.75) is 32.0 Å². The Labute approximate surface area is 186 Å². The number of hydrogen-bond donors (Lipinski definition) is 0. The van der Waals surface area contributed by atoms with Crippen LogP contribution in [0.1, 0.15) is 30.4 Å². The number of halogens is 3. The zero-order chi connectivity index (χ0) is 22.6. The lowest BCUT2D eigenvalue weighted by Gasteiger charge is -2.34. The maximum absolute atomic E-state index is 13.1. The van der Waals surface area contributed by atoms with Gasteiger partial charge in [-0.1, -0.05) is 30.3 Å². The molecule has 0 radical (unpaired) electrons. The van der Waals surface area contributed by atoms with Crippen molar-refractivity contribution in [3.05, 3.63) is 59.8 Å². The zero-order valence-electron chi connectivity index (χ0n) is 18.1. The number of amides is 1. The lowest BCUT2D eigenvalue weighted by Crippen LogP contribution is -2.44. The first-order valence-corrected chi connectivity index (χ1v) is 11.2. The van der Waals surface area contributed by atoms with Gasteiger partial charge < -0.3 is 9.80 Å². The van der Waals surface area contributed by atoms with E-state index in [-0.39, 0.29) is 11.8 Å². The number of benzene rings is 1. The highest BCUT2D eigenvalue weighted by molar-refractivity contribution is 5.79. The average Bonchev–Trinajstić information content (AvgIpc) is 3.04. The average molecular weight is 447 g/mol. The van der Waals surface area contributed by atoms with E-state index in [0.29, 0.717) is 31.7 Å². The van der Waals surface area contributed by atoms with Crippen LogP contribution in [0.15, 0.2) is 48.7 Å². The normalized spacial score (nSPS) is 19.1. The lowest BCUT2D eigenvalue weighted by atomic mass is 9.95. The number of nitrogens with zero attached hydrogens (tertiary/aromatic N) is 4. The van der Waals surface area contributed by atoms with Gasteiger partial charge >= 0.3 is 6.18 Å². The summed E-state index contributed by atoms with van der Waals surface area (Å²) in [5.41, 5.74) is 0.547. The Balaban J connectivity index is 1.27. The predicted octanol–water partition coefficient (Wildman–Crippen LogP) is 4.05. The molecule has 0 atom stereocenters. The van der Waals surface area contributed by atoms with E-state index >= 15 is 0 Å². The molecule has 5 nitrogen and oxygen atoms in total. The SMILES string of the molecule is O=C(C1CCN(c2ccc(C(F)(F)F)cn2)CC1)N1CCCN(Cc2ccccc2)CC1. The van der Waals surface area contributed by atoms with Gasteiger partial charge in [0.05, 0.1) is 5.56 Å². The summed E-state index contributed by atoms with van der Waals surface area (Å²) in [5.74, 6) is 0.725. The molecule has 3 heterocycles. The van der Waals surface area contributed by atoms with E-state index in [9.17, 15) is 18.0 Å². The lowest BCUT2D eigenvalue weighted by molar-refractivity contribution is -0.138. The van der Waals surface area contributed by atoms with Gasteiger partial charge in [-0.3, -0.25) is 9.69 Å². The van der Waals surface area contributed by atoms with Crippen molar-refractivity contribution >= 4 is 11.7 Å². The first-order valence-electron chi connectivity index (χ1n) is 11.2. The smallest absolute Gasteiger partial charge is 0.357 e. The van der Waals surface area contributed by atoms with Gasteiger partial charge in [0.1, 0.15) is 5.82 Å². The molecule has 0 aliphatic carbocycles. The quantitative estimate of drug-likeness (QED) is 0.711. The van der Waals surface area contributed by atoms with Crippen LogP contribution in [0.5, 0.6) is 0 Å². The highest BCUT2D eigenvalue weighted by atomic mass is 19.4. The second-order valence-electron chi connectivity index (χ2n) is 8.60. The van der Waals surface area contributed by atoms with E-state index in [2.05, 4.69) is 34.1 Å². The molecule has 1 amide bonds. The van der Waals surface area contributed by atoms with Crippen molar-refractivity contribution in [2.75, 3.05) is 44.2 Å². The number of anilines is 1. The van der Waals surface area contributed by atoms with Crippen LogP contribution in [-0.4, -0.2) is 60.0 Å². The van der Waals surface area contributed by atoms with Crippen LogP contribution in [0.3, 0.4) is 0 Å². The van der Waals surface area contributed by atoms with Gasteiger partial charge in [-0.25, -0.2) is 4.98 Å². The monoisotopic (exact) mass is 446 g/mol. The van der Waals surface area contributed by atoms with E-state index in [1.165, 1.54) is 11.6 Å². The van der Waals surface area contributed by atoms with Gasteiger partial charge in [0, 0.05) is 57.9 Å². The van der Waals surface area contributed by atoms with Crippen LogP contribution in [0.4, 0.5) is 19.0 Å². The van der Waals surface area contributed by atoms with Crippen LogP contribution in [-0.2, 0) is 17.5 Å². The summed E-state index contributed by atoms with van der Waals surface area (Å²) in [4.78, 5) is 23.5. The Morgan fingerprint density at radius 2 is 1.69 bits per heavy atom. The minimum Gasteiger partial charge on any atom is -0.357 e. The number of carbonyl (C=O) groups excluding carboxylic acids is 1. The van der Waals surface area contributed by atoms with Crippen molar-refractivity contribution in [3.63, 3.8) is 0 Å². The molecule has 8 heteroatoms. The van der Waals surface area contributed by atoms with E-state index in [0.717, 1.165) is 51.4 Å². The number of hydrogen-bond acceptors (Lipinski definition) is 4. The number of pyridine rings is 1. The highest BCUT2D eigenvalue weighted by Gasteiger charge is 2.32. The fourth-order valence-corrected chi connectivity index (χ4v) is 4.55. The van der Waals surface area contributed by atoms with Crippen molar-refractivity contribution in [1.82, 2.24) is 14.8 Å². The molecule has 0 N–H and O–H groups in total. The second kappa shape index (κ2) is 9.90. The molecule has 0 bridgehead atoms. The number of aromatic nitrogens is 1. The number of rotatable bonds is 4. The van der Waals surface area contributed by atoms with E-state index < -0.39 is 11.7 Å². The third-order valence-electron chi connectivity index (χ3n) is 6.39. The summed E-state index contributed by atoms with van der Waals surface area (Å²) in [6.07, 6.45) is -1.13. The highest BCUT2D eigenvalue weighted by Crippen LogP contribution is 2.30. The molecule has 4 rings (SSSR count). The van der Waals surface area contributed by atoms with Crippen LogP contribution >= 0.6 is 0 Å². The van der Waals surface area contributed by atoms with Crippen LogP contribution in [0.25, 0.3) is 0 Å². The second-order valence-corrected chi connectivity index (χ2v) is 8.60. The molecule has 0 unspecified atom stereocenters. The van der Waals surface area contributed by atoms with Crippen LogP contribution < -0.4 is 4.90 Å². The molecule has 0 spiro atoms. The summed E-state index contributed by atoms with van der Waals surface area (Å²) < 4.78 is 38.2. The van der Waals surface area contributed by atoms with Gasteiger partial charge in [0.15, 0.2) is 0 Å². The largest absolute Gasteiger partial charge is 0.417 e. The maximum atomic E-state index is 13.1. The van der Waals surface area contributed by atoms with Crippen molar-refractivity contribution in [2.24, 2.45) is 5.92 Å². The summed E-state index contributed by atoms with van der Waals surface area (Å²) in [7, 11) is 0. The molecule has 2 aromatic rings. The zero-order valence-corrected chi connectivity index (χ0v) is 18.1. The fraction of sp³-hybridized carbons (Fsp3) is 0.500. The Hall–Kier alpha value is -2.61. The van der Waals surface area contributed by atoms with Crippen molar-refractivity contribution in [1.29, 1.82) is 0 Å². The summed E-state index contributed by atoms with van der Waals surface area (Å²) in [6, 6.07) is 12.9. The predicted molar refractivity (Wildman–Crippen MR) is 117 cm³/mol. The van der Waals surface area contributed by atoms with Gasteiger partial charge in [0.2, 0.25) is 5.91 Å². The van der Waals surface area contributed by atoms with E-state index in [1.807, 2.05) is 15.9 Å². The molecule has 1 aromatic heterocycles. The molecule has 0 saturated carbocycles. The third kappa shape index (κ3) is 5.59. The van der Waals surface area contributed by atoms with Gasteiger partial charge in [0.25, 0.3) is 0 Å². The maximum Gasteiger partial charge on any atom is 0.417 e. The molecular formula is C24H29F3N4O. The number of piperidine rings is 1. The molecule has 2 aliphatic rings. The molecule has 2 aliphatic heterocycles. The third-order valence-corrected chi connectivity index (χ3v) is 6.39. The van der Waals surface area contributed by atoms with Crippen LogP contribution in [0, 0.1) is 5.92 Å². The minimum absolute atomic E-state index is 0.0265. The van der Waals surface area contributed by atoms with E-state index in [4.69, 9.17) is 0 Å². The summed E-state index contributed by atoms with van der Waals surface area (Å²) in [5, 5.41) is 0. The molecule has 2 fully saturated rings. The molecule has 32 heavy (non-hydrogen) atoms. The first kappa shape index (κ1) is 22.6. The fourth-order valence-electron chi connectivity index (χ4n) is 4.55. The topological polar surface area (TPSA) is 39.7 Å². The Bertz CT molecular complexity index is 880. The van der Waals surface area contributed by atoms with Crippen molar-refractivity contribution in [3.8, 4) is 0 Å². The number of carbonyl (C=O) groups is 1. The van der Waals surface area contributed by atoms with Gasteiger partial charge in [-0.15, -0.1) is 0 Å². The standard InChI is InChI=1S/C24H29F3N4O/c25-24(26,27)21-7-8-22(28-17-21)30-13-9-20(10-14-30)23(32)31-12-4-11-29(15-16-31)18-19-5-2-1-3-6-19/h1-3,5-8,17,20H,4,9-16,18H2. The van der Waals surface area contributed by atoms with Gasteiger partial charge in [-0.05, 0) is 37.0 Å². The molecule has 172 valence electrons. The van der Waals surface area contributed by atoms with Crippen molar-refractivity contribution < 1.29 is 18.0 Å². The van der Waals surface area contributed by atoms with Crippen LogP contribution in [0.2, 0.25) is 0 Å². The molecule has 2 saturated heterocycles. The van der Waals surface area contributed by atoms with E-state index in [1.54, 1.807) is 0 Å². The number of alkyl halides is 3.